The van der Waals surface area contributed by atoms with E-state index in [1.165, 1.54) is 0 Å². The Bertz CT molecular complexity index is 1140. The Labute approximate surface area is 222 Å². The first-order chi connectivity index (χ1) is 17.2. The molecule has 0 aliphatic heterocycles. The lowest BCUT2D eigenvalue weighted by atomic mass is 9.37. The Morgan fingerprint density at radius 2 is 1.41 bits per heavy atom. The lowest BCUT2D eigenvalue weighted by molar-refractivity contribution is -0.208. The molecular formula is C33H44O4. The van der Waals surface area contributed by atoms with E-state index in [4.69, 9.17) is 0 Å². The summed E-state index contributed by atoms with van der Waals surface area (Å²) in [6, 6.07) is 8.80. The molecule has 0 heterocycles. The molecule has 5 unspecified atom stereocenters. The third kappa shape index (κ3) is 4.74. The van der Waals surface area contributed by atoms with Gasteiger partial charge in [0.25, 0.3) is 0 Å². The number of allylic oxidation sites excluding steroid dienone is 6. The second-order valence-corrected chi connectivity index (χ2v) is 12.5. The maximum atomic E-state index is 14.5. The van der Waals surface area contributed by atoms with Gasteiger partial charge in [0.05, 0.1) is 17.4 Å². The fraction of sp³-hybridized carbons (Fsp3) is 0.545. The van der Waals surface area contributed by atoms with Gasteiger partial charge in [0.2, 0.25) is 0 Å². The van der Waals surface area contributed by atoms with Gasteiger partial charge in [-0.05, 0) is 78.6 Å². The van der Waals surface area contributed by atoms with Crippen LogP contribution in [0, 0.1) is 28.1 Å². The van der Waals surface area contributed by atoms with E-state index in [1.54, 1.807) is 24.3 Å². The number of Topliss-reactive ketones (excluding diaryl/α,β-unsaturated/α-hetero) is 3. The van der Waals surface area contributed by atoms with Crippen LogP contribution in [0.3, 0.4) is 0 Å². The maximum Gasteiger partial charge on any atom is 0.179 e. The van der Waals surface area contributed by atoms with Crippen LogP contribution in [-0.2, 0) is 9.59 Å². The van der Waals surface area contributed by atoms with Crippen molar-refractivity contribution < 1.29 is 19.5 Å². The molecule has 0 radical (unpaired) electrons. The van der Waals surface area contributed by atoms with Crippen LogP contribution in [0.15, 0.2) is 65.3 Å². The summed E-state index contributed by atoms with van der Waals surface area (Å²) in [6.07, 6.45) is 6.06. The first-order valence-corrected chi connectivity index (χ1v) is 13.5. The van der Waals surface area contributed by atoms with E-state index in [1.807, 2.05) is 59.8 Å². The minimum atomic E-state index is -1.67. The quantitative estimate of drug-likeness (QED) is 0.233. The predicted molar refractivity (Wildman–Crippen MR) is 149 cm³/mol. The molecule has 0 amide bonds. The monoisotopic (exact) mass is 504 g/mol. The third-order valence-electron chi connectivity index (χ3n) is 9.03. The van der Waals surface area contributed by atoms with Crippen molar-refractivity contribution in [1.82, 2.24) is 0 Å². The zero-order valence-electron chi connectivity index (χ0n) is 23.9. The van der Waals surface area contributed by atoms with Gasteiger partial charge in [-0.2, -0.15) is 0 Å². The molecule has 200 valence electrons. The highest BCUT2D eigenvalue weighted by atomic mass is 16.3. The highest BCUT2D eigenvalue weighted by Gasteiger charge is 2.75. The van der Waals surface area contributed by atoms with E-state index in [0.717, 1.165) is 16.7 Å². The van der Waals surface area contributed by atoms with Gasteiger partial charge >= 0.3 is 0 Å². The zero-order chi connectivity index (χ0) is 27.8. The van der Waals surface area contributed by atoms with Gasteiger partial charge in [-0.1, -0.05) is 79.1 Å². The number of hydrogen-bond acceptors (Lipinski definition) is 4. The van der Waals surface area contributed by atoms with E-state index >= 15 is 0 Å². The number of rotatable bonds is 8. The van der Waals surface area contributed by atoms with E-state index in [-0.39, 0.29) is 30.3 Å². The first kappa shape index (κ1) is 29.0. The molecule has 0 spiro atoms. The van der Waals surface area contributed by atoms with Crippen LogP contribution in [0.4, 0.5) is 0 Å². The molecule has 37 heavy (non-hydrogen) atoms. The smallest absolute Gasteiger partial charge is 0.179 e. The molecule has 2 fully saturated rings. The van der Waals surface area contributed by atoms with Crippen molar-refractivity contribution >= 4 is 17.3 Å². The minimum Gasteiger partial charge on any atom is -0.391 e. The fourth-order valence-electron chi connectivity index (χ4n) is 6.66. The van der Waals surface area contributed by atoms with Crippen molar-refractivity contribution in [3.63, 3.8) is 0 Å². The fourth-order valence-corrected chi connectivity index (χ4v) is 6.66. The van der Waals surface area contributed by atoms with Gasteiger partial charge < -0.3 is 5.11 Å². The largest absolute Gasteiger partial charge is 0.391 e. The Kier molecular flexibility index (Phi) is 8.34. The Morgan fingerprint density at radius 3 is 1.95 bits per heavy atom. The highest BCUT2D eigenvalue weighted by Crippen LogP contribution is 2.67. The summed E-state index contributed by atoms with van der Waals surface area (Å²) in [5, 5.41) is 12.3. The van der Waals surface area contributed by atoms with Gasteiger partial charge in [0.1, 0.15) is 5.41 Å². The molecule has 1 aromatic carbocycles. The molecule has 2 aliphatic carbocycles. The number of aliphatic hydroxyl groups is 1. The lowest BCUT2D eigenvalue weighted by Crippen LogP contribution is -2.75. The summed E-state index contributed by atoms with van der Waals surface area (Å²) >= 11 is 0. The van der Waals surface area contributed by atoms with E-state index in [0.29, 0.717) is 18.4 Å². The molecule has 1 N–H and O–H groups in total. The molecule has 0 saturated heterocycles. The van der Waals surface area contributed by atoms with E-state index < -0.39 is 34.1 Å². The second-order valence-electron chi connectivity index (χ2n) is 12.5. The number of ketones is 3. The first-order valence-electron chi connectivity index (χ1n) is 13.5. The number of hydrogen-bond donors (Lipinski definition) is 1. The number of carbonyl (C=O) groups excluding carboxylic acids is 3. The average molecular weight is 505 g/mol. The molecule has 4 heteroatoms. The summed E-state index contributed by atoms with van der Waals surface area (Å²) in [4.78, 5) is 43.3. The van der Waals surface area contributed by atoms with Gasteiger partial charge in [-0.15, -0.1) is 0 Å². The van der Waals surface area contributed by atoms with Crippen molar-refractivity contribution in [2.75, 3.05) is 0 Å². The number of aliphatic hydroxyl groups excluding tert-OH is 1. The van der Waals surface area contributed by atoms with Crippen molar-refractivity contribution in [3.8, 4) is 0 Å². The molecule has 1 aromatic rings. The van der Waals surface area contributed by atoms with Gasteiger partial charge in [0.15, 0.2) is 17.3 Å². The average Bonchev–Trinajstić information content (AvgIpc) is 2.82. The standard InChI is InChI=1S/C33H44O4/c1-21(2)14-16-25-20-32(27(34)24-12-10-9-11-13-24)28(35)26(17-15-22(3)4)29(36)33(30(32)37,31(25,7)8)19-18-23(5)6/h9-15,18,25-26,30,37H,16-17,19-20H2,1-8H3. The molecule has 2 saturated carbocycles. The molecule has 2 bridgehead atoms. The number of benzene rings is 1. The SMILES string of the molecule is CC(C)=CCC1C(=O)C2(C(=O)c3ccccc3)CC(CC=C(C)C)C(C)(C)C(CC=C(C)C)(C1=O)C2O. The van der Waals surface area contributed by atoms with Crippen LogP contribution >= 0.6 is 0 Å². The molecular weight excluding hydrogens is 460 g/mol. The molecule has 3 rings (SSSR count). The summed E-state index contributed by atoms with van der Waals surface area (Å²) in [5.74, 6) is -2.09. The maximum absolute atomic E-state index is 14.5. The van der Waals surface area contributed by atoms with Crippen LogP contribution in [0.25, 0.3) is 0 Å². The Balaban J connectivity index is 2.38. The van der Waals surface area contributed by atoms with Crippen LogP contribution in [0.2, 0.25) is 0 Å². The van der Waals surface area contributed by atoms with Crippen molar-refractivity contribution in [2.24, 2.45) is 28.1 Å². The van der Waals surface area contributed by atoms with Gasteiger partial charge in [-0.3, -0.25) is 14.4 Å². The lowest BCUT2D eigenvalue weighted by Gasteiger charge is -2.65. The zero-order valence-corrected chi connectivity index (χ0v) is 23.9. The second kappa shape index (κ2) is 10.6. The third-order valence-corrected chi connectivity index (χ3v) is 9.03. The Hall–Kier alpha value is -2.59. The topological polar surface area (TPSA) is 71.4 Å². The predicted octanol–water partition coefficient (Wildman–Crippen LogP) is 7.09. The Morgan fingerprint density at radius 1 is 0.865 bits per heavy atom. The number of fused-ring (bicyclic) bond motifs is 2. The van der Waals surface area contributed by atoms with Crippen LogP contribution in [-0.4, -0.2) is 28.6 Å². The van der Waals surface area contributed by atoms with Gasteiger partial charge in [0, 0.05) is 5.56 Å². The molecule has 0 aromatic heterocycles. The summed E-state index contributed by atoms with van der Waals surface area (Å²) in [5.41, 5.74) is 0.0247. The van der Waals surface area contributed by atoms with E-state index in [2.05, 4.69) is 19.9 Å². The van der Waals surface area contributed by atoms with Crippen molar-refractivity contribution in [1.29, 1.82) is 0 Å². The molecule has 4 nitrogen and oxygen atoms in total. The highest BCUT2D eigenvalue weighted by molar-refractivity contribution is 6.23. The summed E-state index contributed by atoms with van der Waals surface area (Å²) in [7, 11) is 0. The molecule has 5 atom stereocenters. The van der Waals surface area contributed by atoms with Crippen LogP contribution in [0.1, 0.15) is 91.4 Å². The van der Waals surface area contributed by atoms with Crippen LogP contribution < -0.4 is 0 Å². The summed E-state index contributed by atoms with van der Waals surface area (Å²) in [6.45, 7) is 16.0. The normalized spacial score (nSPS) is 30.4. The van der Waals surface area contributed by atoms with Crippen LogP contribution in [0.5, 0.6) is 0 Å². The summed E-state index contributed by atoms with van der Waals surface area (Å²) < 4.78 is 0. The molecule has 2 aliphatic rings. The van der Waals surface area contributed by atoms with Crippen molar-refractivity contribution in [3.05, 3.63) is 70.8 Å². The van der Waals surface area contributed by atoms with Crippen molar-refractivity contribution in [2.45, 2.75) is 87.2 Å². The number of carbonyl (C=O) groups is 3. The van der Waals surface area contributed by atoms with Gasteiger partial charge in [-0.25, -0.2) is 0 Å². The van der Waals surface area contributed by atoms with E-state index in [9.17, 15) is 19.5 Å². The minimum absolute atomic E-state index is 0.138.